The number of carbonyl (C=O) groups is 3. The molecule has 3 aromatic carbocycles. The van der Waals surface area contributed by atoms with Crippen LogP contribution in [0.3, 0.4) is 0 Å². The number of aromatic nitrogens is 8. The molecular formula is C31H20N10O9. The summed E-state index contributed by atoms with van der Waals surface area (Å²) in [4.78, 5) is 82.0. The van der Waals surface area contributed by atoms with Crippen molar-refractivity contribution < 1.29 is 29.5 Å². The van der Waals surface area contributed by atoms with Gasteiger partial charge in [-0.3, -0.25) is 34.5 Å². The summed E-state index contributed by atoms with van der Waals surface area (Å²) < 4.78 is 2.28. The highest BCUT2D eigenvalue weighted by Gasteiger charge is 2.14. The number of hydrogen-bond donors (Lipinski definition) is 5. The van der Waals surface area contributed by atoms with E-state index in [9.17, 15) is 34.1 Å². The maximum Gasteiger partial charge on any atom is 0.338 e. The third-order valence-corrected chi connectivity index (χ3v) is 6.97. The van der Waals surface area contributed by atoms with Crippen molar-refractivity contribution >= 4 is 51.0 Å². The van der Waals surface area contributed by atoms with Crippen molar-refractivity contribution in [3.63, 3.8) is 0 Å². The van der Waals surface area contributed by atoms with Crippen LogP contribution in [-0.4, -0.2) is 72.5 Å². The van der Waals surface area contributed by atoms with Crippen molar-refractivity contribution in [1.82, 2.24) is 39.5 Å². The van der Waals surface area contributed by atoms with E-state index in [0.717, 1.165) is 23.1 Å². The highest BCUT2D eigenvalue weighted by Crippen LogP contribution is 2.18. The Hall–Kier alpha value is -7.83. The Bertz CT molecular complexity index is 2590. The number of H-pyrrole nitrogens is 2. The molecule has 50 heavy (non-hydrogen) atoms. The lowest BCUT2D eigenvalue weighted by Crippen LogP contribution is -2.15. The van der Waals surface area contributed by atoms with Crippen LogP contribution in [-0.2, 0) is 0 Å². The van der Waals surface area contributed by atoms with Crippen molar-refractivity contribution in [2.45, 2.75) is 0 Å². The van der Waals surface area contributed by atoms with Gasteiger partial charge in [0.05, 0.1) is 50.2 Å². The standard InChI is InChI=1S/C19H13N5O4.C12H7N5O5/c25-16(11-4-2-1-3-5-11)21-13-6-7-15-14(8-13)17(26)23-19(22-15)24-10-12(9-20-24)18(27)28;18-10-8-3-7(17(21)22)1-2-9(8)14-12(15-10)16-5-6(4-13-16)11(19)20/h1-10H,(H,21,25)(H,27,28)(H,22,23,26);1-5H,(H,19,20)(H,14,15,18). The van der Waals surface area contributed by atoms with Gasteiger partial charge in [-0.25, -0.2) is 28.9 Å². The van der Waals surface area contributed by atoms with E-state index in [1.165, 1.54) is 35.3 Å². The first-order valence-electron chi connectivity index (χ1n) is 14.1. The fraction of sp³-hybridized carbons (Fsp3) is 0. The zero-order valence-electron chi connectivity index (χ0n) is 25.0. The monoisotopic (exact) mass is 676 g/mol. The number of nitrogens with one attached hydrogen (secondary N) is 3. The molecule has 0 aliphatic rings. The number of nitro groups is 1. The van der Waals surface area contributed by atoms with E-state index in [-0.39, 0.29) is 50.9 Å². The minimum Gasteiger partial charge on any atom is -0.478 e. The first-order valence-corrected chi connectivity index (χ1v) is 14.1. The van der Waals surface area contributed by atoms with E-state index in [0.29, 0.717) is 16.8 Å². The highest BCUT2D eigenvalue weighted by molar-refractivity contribution is 6.05. The Labute approximate surface area is 276 Å². The number of carbonyl (C=O) groups excluding carboxylic acids is 1. The van der Waals surface area contributed by atoms with Gasteiger partial charge in [-0.15, -0.1) is 0 Å². The number of aromatic carboxylic acids is 2. The largest absolute Gasteiger partial charge is 0.478 e. The molecule has 19 nitrogen and oxygen atoms in total. The maximum atomic E-state index is 12.5. The van der Waals surface area contributed by atoms with E-state index >= 15 is 0 Å². The predicted molar refractivity (Wildman–Crippen MR) is 174 cm³/mol. The number of rotatable bonds is 7. The molecule has 0 unspecified atom stereocenters. The summed E-state index contributed by atoms with van der Waals surface area (Å²) in [6, 6.07) is 17.1. The molecule has 0 saturated heterocycles. The summed E-state index contributed by atoms with van der Waals surface area (Å²) in [7, 11) is 0. The molecule has 4 heterocycles. The molecule has 0 saturated carbocycles. The number of anilines is 1. The summed E-state index contributed by atoms with van der Waals surface area (Å²) in [5.74, 6) is -2.48. The Morgan fingerprint density at radius 2 is 1.24 bits per heavy atom. The summed E-state index contributed by atoms with van der Waals surface area (Å²) in [6.07, 6.45) is 4.72. The van der Waals surface area contributed by atoms with Gasteiger partial charge in [0.1, 0.15) is 0 Å². The average molecular weight is 677 g/mol. The third kappa shape index (κ3) is 6.66. The van der Waals surface area contributed by atoms with Crippen LogP contribution in [0.5, 0.6) is 0 Å². The summed E-state index contributed by atoms with van der Waals surface area (Å²) in [5, 5.41) is 39.3. The molecule has 7 rings (SSSR count). The third-order valence-electron chi connectivity index (χ3n) is 6.97. The Kier molecular flexibility index (Phi) is 8.43. The second-order valence-electron chi connectivity index (χ2n) is 10.2. The number of nitro benzene ring substituents is 1. The second kappa shape index (κ2) is 13.1. The van der Waals surface area contributed by atoms with Gasteiger partial charge in [-0.05, 0) is 36.4 Å². The van der Waals surface area contributed by atoms with Gasteiger partial charge in [0.25, 0.3) is 22.7 Å². The minimum absolute atomic E-state index is 0.0128. The van der Waals surface area contributed by atoms with E-state index in [2.05, 4.69) is 35.5 Å². The van der Waals surface area contributed by atoms with E-state index in [4.69, 9.17) is 10.2 Å². The highest BCUT2D eigenvalue weighted by atomic mass is 16.6. The van der Waals surface area contributed by atoms with Gasteiger partial charge >= 0.3 is 11.9 Å². The topological polar surface area (TPSA) is 274 Å². The normalized spacial score (nSPS) is 10.7. The Morgan fingerprint density at radius 3 is 1.74 bits per heavy atom. The van der Waals surface area contributed by atoms with Crippen molar-refractivity contribution in [3.8, 4) is 11.9 Å². The van der Waals surface area contributed by atoms with Gasteiger partial charge in [0, 0.05) is 35.8 Å². The molecule has 0 fully saturated rings. The quantitative estimate of drug-likeness (QED) is 0.120. The molecule has 7 aromatic rings. The number of benzene rings is 3. The van der Waals surface area contributed by atoms with Crippen LogP contribution in [0.1, 0.15) is 31.1 Å². The number of amides is 1. The summed E-state index contributed by atoms with van der Waals surface area (Å²) >= 11 is 0. The fourth-order valence-corrected chi connectivity index (χ4v) is 4.54. The molecule has 248 valence electrons. The minimum atomic E-state index is -1.16. The lowest BCUT2D eigenvalue weighted by atomic mass is 10.2. The Morgan fingerprint density at radius 1 is 0.720 bits per heavy atom. The zero-order chi connectivity index (χ0) is 35.5. The Balaban J connectivity index is 0.000000178. The van der Waals surface area contributed by atoms with Crippen LogP contribution >= 0.6 is 0 Å². The molecule has 0 aliphatic heterocycles. The van der Waals surface area contributed by atoms with Crippen molar-refractivity contribution in [1.29, 1.82) is 0 Å². The van der Waals surface area contributed by atoms with E-state index in [1.54, 1.807) is 36.4 Å². The molecule has 0 radical (unpaired) electrons. The fourth-order valence-electron chi connectivity index (χ4n) is 4.54. The van der Waals surface area contributed by atoms with Crippen molar-refractivity contribution in [2.24, 2.45) is 0 Å². The first-order chi connectivity index (χ1) is 24.0. The van der Waals surface area contributed by atoms with Crippen molar-refractivity contribution in [3.05, 3.63) is 139 Å². The maximum absolute atomic E-state index is 12.5. The van der Waals surface area contributed by atoms with Gasteiger partial charge in [-0.2, -0.15) is 10.2 Å². The number of fused-ring (bicyclic) bond motifs is 2. The molecule has 4 aromatic heterocycles. The molecule has 1 amide bonds. The average Bonchev–Trinajstić information content (AvgIpc) is 3.81. The molecule has 0 atom stereocenters. The van der Waals surface area contributed by atoms with Crippen LogP contribution in [0.4, 0.5) is 11.4 Å². The first kappa shape index (κ1) is 32.1. The summed E-state index contributed by atoms with van der Waals surface area (Å²) in [5.41, 5.74) is 0.222. The molecule has 19 heteroatoms. The van der Waals surface area contributed by atoms with Gasteiger partial charge in [-0.1, -0.05) is 18.2 Å². The van der Waals surface area contributed by atoms with Crippen molar-refractivity contribution in [2.75, 3.05) is 5.32 Å². The molecule has 0 spiro atoms. The lowest BCUT2D eigenvalue weighted by molar-refractivity contribution is -0.384. The van der Waals surface area contributed by atoms with Gasteiger partial charge in [0.2, 0.25) is 11.9 Å². The molecule has 0 aliphatic carbocycles. The summed E-state index contributed by atoms with van der Waals surface area (Å²) in [6.45, 7) is 0. The molecule has 5 N–H and O–H groups in total. The predicted octanol–water partition coefficient (Wildman–Crippen LogP) is 2.77. The smallest absolute Gasteiger partial charge is 0.338 e. The zero-order valence-corrected chi connectivity index (χ0v) is 25.0. The number of carboxylic acid groups (broad SMARTS) is 2. The SMILES string of the molecule is O=C(O)c1cnn(-c2nc3ccc(NC(=O)c4ccccc4)cc3c(=O)[nH]2)c1.O=C(O)c1cnn(-c2nc3ccc([N+](=O)[O-])cc3c(=O)[nH]2)c1. The lowest BCUT2D eigenvalue weighted by Gasteiger charge is -2.07. The number of nitrogens with zero attached hydrogens (tertiary/aromatic N) is 7. The van der Waals surface area contributed by atoms with Crippen LogP contribution in [0, 0.1) is 10.1 Å². The van der Waals surface area contributed by atoms with Crippen LogP contribution in [0.25, 0.3) is 33.7 Å². The van der Waals surface area contributed by atoms with Gasteiger partial charge in [0.15, 0.2) is 0 Å². The van der Waals surface area contributed by atoms with Crippen LogP contribution in [0.2, 0.25) is 0 Å². The number of aromatic amines is 2. The van der Waals surface area contributed by atoms with Gasteiger partial charge < -0.3 is 15.5 Å². The number of carboxylic acids is 2. The number of hydrogen-bond acceptors (Lipinski definition) is 11. The second-order valence-corrected chi connectivity index (χ2v) is 10.2. The van der Waals surface area contributed by atoms with E-state index < -0.39 is 28.0 Å². The van der Waals surface area contributed by atoms with Crippen LogP contribution in [0.15, 0.2) is 101 Å². The number of non-ortho nitro benzene ring substituents is 1. The van der Waals surface area contributed by atoms with Crippen LogP contribution < -0.4 is 16.4 Å². The molecular weight excluding hydrogens is 656 g/mol. The molecule has 0 bridgehead atoms. The van der Waals surface area contributed by atoms with E-state index in [1.807, 2.05) is 6.07 Å².